The van der Waals surface area contributed by atoms with Crippen LogP contribution in [0.25, 0.3) is 0 Å². The van der Waals surface area contributed by atoms with Crippen LogP contribution in [-0.4, -0.2) is 9.97 Å². The van der Waals surface area contributed by atoms with Crippen LogP contribution in [0.2, 0.25) is 0 Å². The number of benzene rings is 1. The molecule has 0 aliphatic carbocycles. The standard InChI is InChI=1S/C12H9N5/c1-2-9-3-5-10(6-4-9)16-17-12-8-14-11(13)7-15-12/h1,3-8H,(H2,13,14). The van der Waals surface area contributed by atoms with Crippen molar-refractivity contribution in [2.45, 2.75) is 0 Å². The van der Waals surface area contributed by atoms with E-state index < -0.39 is 0 Å². The van der Waals surface area contributed by atoms with Gasteiger partial charge in [-0.1, -0.05) is 5.92 Å². The highest BCUT2D eigenvalue weighted by Crippen LogP contribution is 2.16. The molecule has 2 N–H and O–H groups in total. The summed E-state index contributed by atoms with van der Waals surface area (Å²) < 4.78 is 0. The Bertz CT molecular complexity index is 563. The van der Waals surface area contributed by atoms with Crippen LogP contribution in [0.1, 0.15) is 5.56 Å². The van der Waals surface area contributed by atoms with Gasteiger partial charge in [0.1, 0.15) is 5.82 Å². The molecule has 0 aliphatic heterocycles. The minimum absolute atomic E-state index is 0.349. The van der Waals surface area contributed by atoms with Crippen molar-refractivity contribution in [3.05, 3.63) is 42.2 Å². The lowest BCUT2D eigenvalue weighted by atomic mass is 10.2. The predicted molar refractivity (Wildman–Crippen MR) is 65.0 cm³/mol. The van der Waals surface area contributed by atoms with E-state index in [1.54, 1.807) is 24.3 Å². The summed E-state index contributed by atoms with van der Waals surface area (Å²) in [7, 11) is 0. The van der Waals surface area contributed by atoms with E-state index in [1.807, 2.05) is 0 Å². The van der Waals surface area contributed by atoms with Crippen molar-refractivity contribution >= 4 is 17.3 Å². The lowest BCUT2D eigenvalue weighted by Crippen LogP contribution is -1.88. The molecule has 82 valence electrons. The Labute approximate surface area is 98.4 Å². The van der Waals surface area contributed by atoms with Crippen molar-refractivity contribution in [3.63, 3.8) is 0 Å². The molecule has 0 saturated heterocycles. The molecule has 0 radical (unpaired) electrons. The zero-order valence-corrected chi connectivity index (χ0v) is 8.91. The number of nitrogen functional groups attached to an aromatic ring is 1. The Morgan fingerprint density at radius 3 is 2.41 bits per heavy atom. The molecular formula is C12H9N5. The summed E-state index contributed by atoms with van der Waals surface area (Å²) >= 11 is 0. The zero-order valence-electron chi connectivity index (χ0n) is 8.91. The normalized spacial score (nSPS) is 10.3. The number of azo groups is 1. The Morgan fingerprint density at radius 1 is 1.06 bits per heavy atom. The molecule has 0 spiro atoms. The summed E-state index contributed by atoms with van der Waals surface area (Å²) in [6.07, 6.45) is 8.12. The van der Waals surface area contributed by atoms with Crippen LogP contribution in [0, 0.1) is 12.3 Å². The molecule has 1 aromatic carbocycles. The number of terminal acetylenes is 1. The van der Waals surface area contributed by atoms with Crippen molar-refractivity contribution in [2.75, 3.05) is 5.73 Å². The fourth-order valence-electron chi connectivity index (χ4n) is 1.12. The second kappa shape index (κ2) is 4.86. The van der Waals surface area contributed by atoms with Crippen LogP contribution in [0.4, 0.5) is 17.3 Å². The SMILES string of the molecule is C#Cc1ccc(N=Nc2cnc(N)cn2)cc1. The van der Waals surface area contributed by atoms with E-state index in [2.05, 4.69) is 26.1 Å². The van der Waals surface area contributed by atoms with Crippen molar-refractivity contribution < 1.29 is 0 Å². The number of nitrogens with zero attached hydrogens (tertiary/aromatic N) is 4. The molecule has 2 rings (SSSR count). The molecule has 0 aliphatic rings. The van der Waals surface area contributed by atoms with Gasteiger partial charge in [0.05, 0.1) is 18.1 Å². The van der Waals surface area contributed by atoms with Gasteiger partial charge in [0.15, 0.2) is 5.82 Å². The van der Waals surface area contributed by atoms with Crippen LogP contribution in [0.5, 0.6) is 0 Å². The molecule has 5 heteroatoms. The van der Waals surface area contributed by atoms with Gasteiger partial charge >= 0.3 is 0 Å². The maximum absolute atomic E-state index is 5.40. The number of rotatable bonds is 2. The first-order valence-corrected chi connectivity index (χ1v) is 4.84. The van der Waals surface area contributed by atoms with Gasteiger partial charge in [-0.3, -0.25) is 0 Å². The topological polar surface area (TPSA) is 76.5 Å². The van der Waals surface area contributed by atoms with Gasteiger partial charge in [-0.15, -0.1) is 16.7 Å². The van der Waals surface area contributed by atoms with E-state index in [0.29, 0.717) is 17.3 Å². The third-order valence-electron chi connectivity index (χ3n) is 1.96. The van der Waals surface area contributed by atoms with Gasteiger partial charge in [0.2, 0.25) is 0 Å². The molecule has 0 atom stereocenters. The molecule has 0 fully saturated rings. The van der Waals surface area contributed by atoms with Gasteiger partial charge in [-0.2, -0.15) is 0 Å². The molecule has 1 heterocycles. The fourth-order valence-corrected chi connectivity index (χ4v) is 1.12. The Morgan fingerprint density at radius 2 is 1.82 bits per heavy atom. The number of aromatic nitrogens is 2. The smallest absolute Gasteiger partial charge is 0.193 e. The minimum Gasteiger partial charge on any atom is -0.382 e. The van der Waals surface area contributed by atoms with Crippen LogP contribution in [-0.2, 0) is 0 Å². The number of anilines is 1. The number of nitrogens with two attached hydrogens (primary N) is 1. The first-order chi connectivity index (χ1) is 8.28. The van der Waals surface area contributed by atoms with Gasteiger partial charge in [-0.05, 0) is 24.3 Å². The molecule has 1 aromatic heterocycles. The molecule has 5 nitrogen and oxygen atoms in total. The summed E-state index contributed by atoms with van der Waals surface area (Å²) in [6, 6.07) is 7.15. The fraction of sp³-hybridized carbons (Fsp3) is 0. The second-order valence-corrected chi connectivity index (χ2v) is 3.19. The molecule has 0 saturated carbocycles. The third-order valence-corrected chi connectivity index (χ3v) is 1.96. The molecule has 0 amide bonds. The summed E-state index contributed by atoms with van der Waals surface area (Å²) in [5, 5.41) is 7.91. The van der Waals surface area contributed by atoms with E-state index in [9.17, 15) is 0 Å². The van der Waals surface area contributed by atoms with Gasteiger partial charge in [0.25, 0.3) is 0 Å². The molecule has 2 aromatic rings. The molecule has 0 bridgehead atoms. The van der Waals surface area contributed by atoms with E-state index in [-0.39, 0.29) is 0 Å². The zero-order chi connectivity index (χ0) is 12.1. The lowest BCUT2D eigenvalue weighted by Gasteiger charge is -1.94. The van der Waals surface area contributed by atoms with Crippen molar-refractivity contribution in [1.82, 2.24) is 9.97 Å². The second-order valence-electron chi connectivity index (χ2n) is 3.19. The number of hydrogen-bond donors (Lipinski definition) is 1. The highest BCUT2D eigenvalue weighted by Gasteiger charge is 1.93. The quantitative estimate of drug-likeness (QED) is 0.627. The first-order valence-electron chi connectivity index (χ1n) is 4.84. The summed E-state index contributed by atoms with van der Waals surface area (Å²) in [5.41, 5.74) is 6.90. The maximum atomic E-state index is 5.40. The molecule has 0 unspecified atom stereocenters. The predicted octanol–water partition coefficient (Wildman–Crippen LogP) is 2.46. The Balaban J connectivity index is 2.14. The highest BCUT2D eigenvalue weighted by molar-refractivity contribution is 5.43. The largest absolute Gasteiger partial charge is 0.382 e. The average Bonchev–Trinajstić information content (AvgIpc) is 2.39. The first kappa shape index (κ1) is 10.8. The molecular weight excluding hydrogens is 214 g/mol. The van der Waals surface area contributed by atoms with Gasteiger partial charge < -0.3 is 5.73 Å². The van der Waals surface area contributed by atoms with E-state index >= 15 is 0 Å². The van der Waals surface area contributed by atoms with E-state index in [1.165, 1.54) is 12.4 Å². The maximum Gasteiger partial charge on any atom is 0.193 e. The van der Waals surface area contributed by atoms with Gasteiger partial charge in [0, 0.05) is 5.56 Å². The van der Waals surface area contributed by atoms with Crippen molar-refractivity contribution in [3.8, 4) is 12.3 Å². The minimum atomic E-state index is 0.349. The van der Waals surface area contributed by atoms with E-state index in [4.69, 9.17) is 12.2 Å². The monoisotopic (exact) mass is 223 g/mol. The number of hydrogen-bond acceptors (Lipinski definition) is 5. The van der Waals surface area contributed by atoms with Crippen LogP contribution in [0.15, 0.2) is 46.9 Å². The summed E-state index contributed by atoms with van der Waals surface area (Å²) in [6.45, 7) is 0. The Hall–Kier alpha value is -2.74. The van der Waals surface area contributed by atoms with Crippen LogP contribution >= 0.6 is 0 Å². The summed E-state index contributed by atoms with van der Waals surface area (Å²) in [4.78, 5) is 7.80. The third kappa shape index (κ3) is 2.86. The summed E-state index contributed by atoms with van der Waals surface area (Å²) in [5.74, 6) is 3.28. The van der Waals surface area contributed by atoms with Crippen LogP contribution < -0.4 is 5.73 Å². The Kier molecular flexibility index (Phi) is 3.08. The van der Waals surface area contributed by atoms with Crippen molar-refractivity contribution in [1.29, 1.82) is 0 Å². The molecule has 17 heavy (non-hydrogen) atoms. The van der Waals surface area contributed by atoms with E-state index in [0.717, 1.165) is 5.56 Å². The van der Waals surface area contributed by atoms with Crippen LogP contribution in [0.3, 0.4) is 0 Å². The van der Waals surface area contributed by atoms with Crippen molar-refractivity contribution in [2.24, 2.45) is 10.2 Å². The highest BCUT2D eigenvalue weighted by atomic mass is 15.2. The average molecular weight is 223 g/mol. The van der Waals surface area contributed by atoms with Gasteiger partial charge in [-0.25, -0.2) is 9.97 Å². The lowest BCUT2D eigenvalue weighted by molar-refractivity contribution is 1.11.